The van der Waals surface area contributed by atoms with Gasteiger partial charge in [0.2, 0.25) is 0 Å². The van der Waals surface area contributed by atoms with Gasteiger partial charge in [-0.15, -0.1) is 12.4 Å². The predicted octanol–water partition coefficient (Wildman–Crippen LogP) is -9.69. The molecule has 27 heteroatoms. The molecule has 0 aliphatic heterocycles. The van der Waals surface area contributed by atoms with E-state index >= 15 is 0 Å². The molecule has 0 spiro atoms. The number of carboxylic acids is 6. The van der Waals surface area contributed by atoms with E-state index in [1.807, 2.05) is 0 Å². The van der Waals surface area contributed by atoms with Crippen LogP contribution in [0.3, 0.4) is 0 Å². The zero-order valence-corrected chi connectivity index (χ0v) is 48.0. The number of hydrogen-bond acceptors (Lipinski definition) is 19. The van der Waals surface area contributed by atoms with Gasteiger partial charge in [-0.25, -0.2) is 19.2 Å². The van der Waals surface area contributed by atoms with Gasteiger partial charge in [-0.05, 0) is 101 Å². The summed E-state index contributed by atoms with van der Waals surface area (Å²) in [6.07, 6.45) is 0.944. The molecule has 0 amide bonds. The fraction of sp³-hybridized carbons (Fsp3) is 0.372. The molecule has 0 saturated heterocycles. The van der Waals surface area contributed by atoms with Crippen LogP contribution in [0.4, 0.5) is 0 Å². The van der Waals surface area contributed by atoms with Crippen molar-refractivity contribution >= 4 is 66.1 Å². The van der Waals surface area contributed by atoms with Crippen molar-refractivity contribution in [1.29, 1.82) is 0 Å². The summed E-state index contributed by atoms with van der Waals surface area (Å²) in [5, 5.41) is 57.7. The maximum absolute atomic E-state index is 12.1. The van der Waals surface area contributed by atoms with Crippen molar-refractivity contribution in [3.8, 4) is 17.2 Å². The van der Waals surface area contributed by atoms with E-state index in [2.05, 4.69) is 0 Å². The van der Waals surface area contributed by atoms with E-state index < -0.39 is 58.9 Å². The van der Waals surface area contributed by atoms with Gasteiger partial charge in [0, 0.05) is 29.9 Å². The fourth-order valence-electron chi connectivity index (χ4n) is 4.77. The van der Waals surface area contributed by atoms with Crippen LogP contribution in [0, 0.1) is 0 Å². The van der Waals surface area contributed by atoms with Crippen LogP contribution in [0.2, 0.25) is 0 Å². The SMILES string of the molecule is C.CCOC(=O)CCCOc1ccc(C(=O)OCC)c(C(=O)OCC)c1.Cl.O=C(O)CCCOc1ccc(C(=O)O)c(C(=O)O)c1.O=C([O-])CCCOc1ccc(C(=O)[O-])c(C(=O)[O-])c1.[Na+].[Na+].[Na+].[Na+].[OH-]. The smallest absolute Gasteiger partial charge is 0.870 e. The van der Waals surface area contributed by atoms with Gasteiger partial charge in [-0.3, -0.25) is 9.59 Å². The number of aromatic carboxylic acids is 4. The summed E-state index contributed by atoms with van der Waals surface area (Å²) in [5.74, 6) is -8.99. The molecule has 366 valence electrons. The standard InChI is InChI=1S/C18H24O7.2C12H12O7.CH4.ClH.4Na.H2O/c1-4-22-16(19)8-7-11-25-13-9-10-14(17(20)23-5-2)15(12-13)18(21)24-6-3;2*13-10(14)2-1-5-19-7-3-4-8(11(15)16)9(6-7)12(17)18;;;;;;;/h9-10,12H,4-8,11H2,1-3H3;2*3-4,6H,1-2,5H2,(H,13,14)(H,15,16)(H,17,18);1H4;1H;;;;;1H2/q;;;;;4*+1;/p-4. The summed E-state index contributed by atoms with van der Waals surface area (Å²) >= 11 is 0. The summed E-state index contributed by atoms with van der Waals surface area (Å²) < 4.78 is 30.5. The Morgan fingerprint density at radius 2 is 0.829 bits per heavy atom. The third-order valence-electron chi connectivity index (χ3n) is 7.56. The summed E-state index contributed by atoms with van der Waals surface area (Å²) in [5.41, 5.74) is -1.56. The minimum Gasteiger partial charge on any atom is -0.870 e. The average Bonchev–Trinajstić information content (AvgIpc) is 3.23. The first-order valence-corrected chi connectivity index (χ1v) is 19.0. The molecule has 0 bridgehead atoms. The second-order valence-electron chi connectivity index (χ2n) is 12.2. The van der Waals surface area contributed by atoms with E-state index in [1.54, 1.807) is 26.8 Å². The molecular formula is C43H51ClNa4O22. The molecule has 0 unspecified atom stereocenters. The Hall–Kier alpha value is -3.46. The summed E-state index contributed by atoms with van der Waals surface area (Å²) in [6, 6.07) is 11.3. The molecule has 3 rings (SSSR count). The Morgan fingerprint density at radius 1 is 0.471 bits per heavy atom. The number of carbonyl (C=O) groups is 9. The van der Waals surface area contributed by atoms with Gasteiger partial charge in [0.05, 0.1) is 73.8 Å². The van der Waals surface area contributed by atoms with Crippen LogP contribution in [0.5, 0.6) is 17.2 Å². The van der Waals surface area contributed by atoms with E-state index in [-0.39, 0.29) is 248 Å². The van der Waals surface area contributed by atoms with Crippen LogP contribution in [0.15, 0.2) is 54.6 Å². The van der Waals surface area contributed by atoms with Gasteiger partial charge in [0.15, 0.2) is 0 Å². The molecule has 0 saturated carbocycles. The molecule has 3 aromatic carbocycles. The second-order valence-corrected chi connectivity index (χ2v) is 12.2. The number of ether oxygens (including phenoxy) is 6. The average molecular weight is 1050 g/mol. The van der Waals surface area contributed by atoms with Crippen LogP contribution < -0.4 is 148 Å². The molecule has 3 aromatic rings. The maximum Gasteiger partial charge on any atom is 1.00 e. The molecule has 0 aliphatic carbocycles. The van der Waals surface area contributed by atoms with Crippen LogP contribution in [0.1, 0.15) is 129 Å². The van der Waals surface area contributed by atoms with Crippen LogP contribution in [-0.2, 0) is 28.6 Å². The first-order valence-electron chi connectivity index (χ1n) is 19.0. The molecular weight excluding hydrogens is 996 g/mol. The quantitative estimate of drug-likeness (QED) is 0.0324. The number of carboxylic acid groups (broad SMARTS) is 6. The third-order valence-corrected chi connectivity index (χ3v) is 7.56. The number of esters is 3. The van der Waals surface area contributed by atoms with Gasteiger partial charge in [-0.1, -0.05) is 7.43 Å². The van der Waals surface area contributed by atoms with Crippen LogP contribution in [-0.4, -0.2) is 114 Å². The third kappa shape index (κ3) is 32.5. The largest absolute Gasteiger partial charge is 1.00 e. The summed E-state index contributed by atoms with van der Waals surface area (Å²) in [6.45, 7) is 6.26. The summed E-state index contributed by atoms with van der Waals surface area (Å²) in [7, 11) is 0. The predicted molar refractivity (Wildman–Crippen MR) is 223 cm³/mol. The molecule has 0 heterocycles. The molecule has 0 atom stereocenters. The van der Waals surface area contributed by atoms with Crippen LogP contribution in [0.25, 0.3) is 0 Å². The minimum absolute atomic E-state index is 0. The van der Waals surface area contributed by atoms with Crippen molar-refractivity contribution < 1.29 is 226 Å². The van der Waals surface area contributed by atoms with Crippen molar-refractivity contribution in [1.82, 2.24) is 0 Å². The Bertz CT molecular complexity index is 2010. The first-order chi connectivity index (χ1) is 29.9. The first kappa shape index (κ1) is 80.6. The molecule has 4 N–H and O–H groups in total. The van der Waals surface area contributed by atoms with Gasteiger partial charge in [-0.2, -0.15) is 0 Å². The van der Waals surface area contributed by atoms with Crippen molar-refractivity contribution in [3.63, 3.8) is 0 Å². The number of halogens is 1. The van der Waals surface area contributed by atoms with E-state index in [0.29, 0.717) is 18.8 Å². The molecule has 22 nitrogen and oxygen atoms in total. The fourth-order valence-corrected chi connectivity index (χ4v) is 4.77. The van der Waals surface area contributed by atoms with Gasteiger partial charge in [0.25, 0.3) is 0 Å². The number of aliphatic carboxylic acids is 2. The Kier molecular flexibility index (Phi) is 52.3. The van der Waals surface area contributed by atoms with E-state index in [4.69, 9.17) is 43.7 Å². The molecule has 0 aliphatic rings. The maximum atomic E-state index is 12.1. The van der Waals surface area contributed by atoms with Crippen molar-refractivity contribution in [2.45, 2.75) is 66.7 Å². The minimum atomic E-state index is -1.67. The monoisotopic (exact) mass is 1050 g/mol. The zero-order valence-electron chi connectivity index (χ0n) is 39.2. The normalized spacial score (nSPS) is 8.96. The number of rotatable bonds is 24. The molecule has 0 radical (unpaired) electrons. The molecule has 0 fully saturated rings. The number of hydrogen-bond donors (Lipinski definition) is 3. The second kappa shape index (κ2) is 45.4. The van der Waals surface area contributed by atoms with E-state index in [0.717, 1.165) is 24.3 Å². The number of benzene rings is 3. The Labute approximate surface area is 498 Å². The molecule has 0 aromatic heterocycles. The van der Waals surface area contributed by atoms with Crippen LogP contribution >= 0.6 is 12.4 Å². The van der Waals surface area contributed by atoms with Gasteiger partial charge in [0.1, 0.15) is 17.2 Å². The van der Waals surface area contributed by atoms with E-state index in [1.165, 1.54) is 24.3 Å². The Balaban J connectivity index is -0.000000164. The van der Waals surface area contributed by atoms with Gasteiger partial charge >= 0.3 is 154 Å². The van der Waals surface area contributed by atoms with E-state index in [9.17, 15) is 58.5 Å². The topological polar surface area (TPSA) is 369 Å². The van der Waals surface area contributed by atoms with Crippen molar-refractivity contribution in [2.24, 2.45) is 0 Å². The Morgan fingerprint density at radius 3 is 1.21 bits per heavy atom. The zero-order chi connectivity index (χ0) is 47.5. The number of carbonyl (C=O) groups excluding carboxylic acids is 6. The van der Waals surface area contributed by atoms with Crippen molar-refractivity contribution in [3.05, 3.63) is 88.0 Å². The van der Waals surface area contributed by atoms with Gasteiger partial charge < -0.3 is 78.9 Å². The summed E-state index contributed by atoms with van der Waals surface area (Å²) in [4.78, 5) is 98.8. The molecule has 70 heavy (non-hydrogen) atoms. The van der Waals surface area contributed by atoms with Crippen molar-refractivity contribution in [2.75, 3.05) is 39.6 Å².